The van der Waals surface area contributed by atoms with Gasteiger partial charge in [0.25, 0.3) is 0 Å². The number of hydrogen-bond acceptors (Lipinski definition) is 5. The normalized spacial score (nSPS) is 17.8. The molecule has 0 amide bonds. The van der Waals surface area contributed by atoms with Crippen molar-refractivity contribution in [3.8, 4) is 0 Å². The zero-order valence-electron chi connectivity index (χ0n) is 9.38. The number of sulfonamides is 1. The number of aromatic nitrogens is 2. The van der Waals surface area contributed by atoms with E-state index in [1.807, 2.05) is 0 Å². The van der Waals surface area contributed by atoms with Gasteiger partial charge in [0, 0.05) is 12.4 Å². The smallest absolute Gasteiger partial charge is 0.215 e. The lowest BCUT2D eigenvalue weighted by atomic mass is 10.0. The van der Waals surface area contributed by atoms with Crippen molar-refractivity contribution in [2.45, 2.75) is 31.6 Å². The first kappa shape index (κ1) is 13.0. The summed E-state index contributed by atoms with van der Waals surface area (Å²) in [5, 5.41) is 13.9. The second-order valence-corrected chi connectivity index (χ2v) is 5.85. The Morgan fingerprint density at radius 1 is 1.44 bits per heavy atom. The first-order valence-electron chi connectivity index (χ1n) is 4.69. The largest absolute Gasteiger partial charge is 0.381 e. The summed E-state index contributed by atoms with van der Waals surface area (Å²) < 4.78 is 22.4. The van der Waals surface area contributed by atoms with Crippen LogP contribution in [0.2, 0.25) is 0 Å². The fourth-order valence-electron chi connectivity index (χ4n) is 1.16. The fraction of sp³-hybridized carbons (Fsp3) is 0.556. The Kier molecular flexibility index (Phi) is 3.32. The molecule has 6 nitrogen and oxygen atoms in total. The summed E-state index contributed by atoms with van der Waals surface area (Å²) in [6.07, 6.45) is 3.01. The van der Waals surface area contributed by atoms with E-state index < -0.39 is 20.9 Å². The van der Waals surface area contributed by atoms with E-state index in [1.54, 1.807) is 6.92 Å². The molecule has 0 aliphatic heterocycles. The van der Waals surface area contributed by atoms with Gasteiger partial charge in [0.15, 0.2) is 5.82 Å². The van der Waals surface area contributed by atoms with Crippen molar-refractivity contribution in [2.24, 2.45) is 5.14 Å². The van der Waals surface area contributed by atoms with Gasteiger partial charge in [0.05, 0.1) is 0 Å². The molecule has 0 saturated heterocycles. The highest BCUT2D eigenvalue weighted by molar-refractivity contribution is 7.89. The minimum absolute atomic E-state index is 0.0413. The first-order valence-corrected chi connectivity index (χ1v) is 6.29. The number of nitrogens with two attached hydrogens (primary N) is 1. The van der Waals surface area contributed by atoms with E-state index in [0.29, 0.717) is 0 Å². The monoisotopic (exact) mass is 245 g/mol. The maximum atomic E-state index is 11.2. The van der Waals surface area contributed by atoms with Crippen LogP contribution in [0.4, 0.5) is 0 Å². The summed E-state index contributed by atoms with van der Waals surface area (Å²) in [6.45, 7) is 4.44. The number of aryl methyl sites for hydroxylation is 1. The molecule has 2 atom stereocenters. The van der Waals surface area contributed by atoms with Gasteiger partial charge in [-0.15, -0.1) is 0 Å². The SMILES string of the molecule is Cc1cnc(C(C)(O)[C@H](C)S(N)(=O)=O)nc1. The Balaban J connectivity index is 3.16. The van der Waals surface area contributed by atoms with Crippen molar-refractivity contribution >= 4 is 10.0 Å². The molecule has 1 heterocycles. The number of aliphatic hydroxyl groups is 1. The molecule has 1 aromatic heterocycles. The van der Waals surface area contributed by atoms with Gasteiger partial charge < -0.3 is 5.11 Å². The minimum Gasteiger partial charge on any atom is -0.381 e. The van der Waals surface area contributed by atoms with Gasteiger partial charge in [-0.25, -0.2) is 23.5 Å². The van der Waals surface area contributed by atoms with Gasteiger partial charge in [0.2, 0.25) is 10.0 Å². The molecule has 0 spiro atoms. The summed E-state index contributed by atoms with van der Waals surface area (Å²) in [4.78, 5) is 7.81. The first-order chi connectivity index (χ1) is 7.15. The van der Waals surface area contributed by atoms with E-state index in [0.717, 1.165) is 5.56 Å². The van der Waals surface area contributed by atoms with Crippen LogP contribution < -0.4 is 5.14 Å². The van der Waals surface area contributed by atoms with Crippen molar-refractivity contribution in [1.29, 1.82) is 0 Å². The van der Waals surface area contributed by atoms with Crippen molar-refractivity contribution in [3.05, 3.63) is 23.8 Å². The van der Waals surface area contributed by atoms with E-state index in [9.17, 15) is 13.5 Å². The van der Waals surface area contributed by atoms with Crippen molar-refractivity contribution in [1.82, 2.24) is 9.97 Å². The molecule has 0 radical (unpaired) electrons. The number of nitrogens with zero attached hydrogens (tertiary/aromatic N) is 2. The van der Waals surface area contributed by atoms with Gasteiger partial charge in [-0.2, -0.15) is 0 Å². The Hall–Kier alpha value is -1.05. The standard InChI is InChI=1S/C9H15N3O3S/c1-6-4-11-8(12-5-6)9(3,13)7(2)16(10,14)15/h4-5,7,13H,1-3H3,(H2,10,14,15)/t7-,9?/m0/s1. The summed E-state index contributed by atoms with van der Waals surface area (Å²) >= 11 is 0. The highest BCUT2D eigenvalue weighted by atomic mass is 32.2. The molecule has 0 bridgehead atoms. The average Bonchev–Trinajstić information content (AvgIpc) is 2.16. The lowest BCUT2D eigenvalue weighted by Gasteiger charge is -2.26. The molecule has 0 aliphatic rings. The van der Waals surface area contributed by atoms with Gasteiger partial charge in [-0.05, 0) is 26.3 Å². The zero-order valence-corrected chi connectivity index (χ0v) is 10.2. The zero-order chi connectivity index (χ0) is 12.6. The highest BCUT2D eigenvalue weighted by Gasteiger charge is 2.40. The molecule has 1 unspecified atom stereocenters. The molecule has 16 heavy (non-hydrogen) atoms. The van der Waals surface area contributed by atoms with Crippen LogP contribution in [0.15, 0.2) is 12.4 Å². The van der Waals surface area contributed by atoms with Crippen molar-refractivity contribution in [3.63, 3.8) is 0 Å². The predicted molar refractivity (Wildman–Crippen MR) is 58.9 cm³/mol. The molecule has 7 heteroatoms. The molecule has 3 N–H and O–H groups in total. The maximum absolute atomic E-state index is 11.2. The second kappa shape index (κ2) is 4.08. The maximum Gasteiger partial charge on any atom is 0.215 e. The fourth-order valence-corrected chi connectivity index (χ4v) is 1.90. The van der Waals surface area contributed by atoms with E-state index in [2.05, 4.69) is 9.97 Å². The molecule has 0 saturated carbocycles. The van der Waals surface area contributed by atoms with Crippen LogP contribution in [0, 0.1) is 6.92 Å². The molecular formula is C9H15N3O3S. The number of hydrogen-bond donors (Lipinski definition) is 2. The third-order valence-corrected chi connectivity index (χ3v) is 3.96. The molecule has 0 fully saturated rings. The van der Waals surface area contributed by atoms with Gasteiger partial charge in [-0.3, -0.25) is 0 Å². The van der Waals surface area contributed by atoms with E-state index in [-0.39, 0.29) is 5.82 Å². The Labute approximate surface area is 94.6 Å². The molecule has 90 valence electrons. The van der Waals surface area contributed by atoms with Crippen LogP contribution in [0.5, 0.6) is 0 Å². The number of primary sulfonamides is 1. The topological polar surface area (TPSA) is 106 Å². The lowest BCUT2D eigenvalue weighted by Crippen LogP contribution is -2.44. The predicted octanol–water partition coefficient (Wildman–Crippen LogP) is -0.330. The molecule has 1 aromatic rings. The third-order valence-electron chi connectivity index (χ3n) is 2.52. The minimum atomic E-state index is -3.85. The Bertz CT molecular complexity index is 467. The highest BCUT2D eigenvalue weighted by Crippen LogP contribution is 2.24. The second-order valence-electron chi connectivity index (χ2n) is 3.96. The van der Waals surface area contributed by atoms with Crippen LogP contribution in [-0.2, 0) is 15.6 Å². The Morgan fingerprint density at radius 2 is 1.88 bits per heavy atom. The van der Waals surface area contributed by atoms with E-state index in [4.69, 9.17) is 5.14 Å². The summed E-state index contributed by atoms with van der Waals surface area (Å²) in [6, 6.07) is 0. The van der Waals surface area contributed by atoms with Crippen LogP contribution in [0.1, 0.15) is 25.2 Å². The number of rotatable bonds is 3. The van der Waals surface area contributed by atoms with Crippen molar-refractivity contribution in [2.75, 3.05) is 0 Å². The van der Waals surface area contributed by atoms with Gasteiger partial charge in [0.1, 0.15) is 10.9 Å². The van der Waals surface area contributed by atoms with Crippen LogP contribution in [0.3, 0.4) is 0 Å². The summed E-state index contributed by atoms with van der Waals surface area (Å²) in [5.74, 6) is 0.0413. The van der Waals surface area contributed by atoms with Crippen LogP contribution in [-0.4, -0.2) is 28.7 Å². The molecular weight excluding hydrogens is 230 g/mol. The van der Waals surface area contributed by atoms with E-state index in [1.165, 1.54) is 26.2 Å². The van der Waals surface area contributed by atoms with Gasteiger partial charge in [-0.1, -0.05) is 0 Å². The molecule has 0 aliphatic carbocycles. The quantitative estimate of drug-likeness (QED) is 0.758. The Morgan fingerprint density at radius 3 is 2.25 bits per heavy atom. The van der Waals surface area contributed by atoms with Crippen LogP contribution >= 0.6 is 0 Å². The van der Waals surface area contributed by atoms with Crippen LogP contribution in [0.25, 0.3) is 0 Å². The van der Waals surface area contributed by atoms with E-state index >= 15 is 0 Å². The average molecular weight is 245 g/mol. The molecule has 0 aromatic carbocycles. The van der Waals surface area contributed by atoms with Crippen molar-refractivity contribution < 1.29 is 13.5 Å². The third kappa shape index (κ3) is 2.55. The molecule has 1 rings (SSSR count). The summed E-state index contributed by atoms with van der Waals surface area (Å²) in [7, 11) is -3.85. The van der Waals surface area contributed by atoms with Gasteiger partial charge >= 0.3 is 0 Å². The lowest BCUT2D eigenvalue weighted by molar-refractivity contribution is 0.0469. The summed E-state index contributed by atoms with van der Waals surface area (Å²) in [5.41, 5.74) is -0.885.